The van der Waals surface area contributed by atoms with E-state index >= 15 is 0 Å². The Bertz CT molecular complexity index is 354. The predicted octanol–water partition coefficient (Wildman–Crippen LogP) is 3.61. The Hall–Kier alpha value is -0.510. The number of nitrogens with one attached hydrogen (secondary N) is 1. The molecule has 0 bridgehead atoms. The summed E-state index contributed by atoms with van der Waals surface area (Å²) in [6.45, 7) is 9.23. The smallest absolute Gasteiger partial charge is 0.0631 e. The van der Waals surface area contributed by atoms with Gasteiger partial charge in [-0.05, 0) is 31.5 Å². The van der Waals surface area contributed by atoms with Gasteiger partial charge in [-0.2, -0.15) is 0 Å². The highest BCUT2D eigenvalue weighted by Gasteiger charge is 2.16. The number of rotatable bonds is 7. The van der Waals surface area contributed by atoms with Gasteiger partial charge >= 0.3 is 0 Å². The first-order chi connectivity index (χ1) is 8.60. The van der Waals surface area contributed by atoms with Gasteiger partial charge < -0.3 is 10.4 Å². The predicted molar refractivity (Wildman–Crippen MR) is 80.2 cm³/mol. The molecular weight excluding hydrogens is 242 g/mol. The Kier molecular flexibility index (Phi) is 6.76. The molecule has 18 heavy (non-hydrogen) atoms. The fraction of sp³-hybridized carbons (Fsp3) is 0.600. The fourth-order valence-corrected chi connectivity index (χ4v) is 3.00. The number of hydrogen-bond acceptors (Lipinski definition) is 3. The maximum atomic E-state index is 9.64. The molecule has 3 atom stereocenters. The number of aliphatic hydroxyl groups is 1. The summed E-state index contributed by atoms with van der Waals surface area (Å²) in [5.74, 6) is 0. The minimum atomic E-state index is -0.290. The van der Waals surface area contributed by atoms with Crippen molar-refractivity contribution in [2.75, 3.05) is 6.54 Å². The van der Waals surface area contributed by atoms with Crippen molar-refractivity contribution < 1.29 is 5.11 Å². The Morgan fingerprint density at radius 1 is 1.22 bits per heavy atom. The van der Waals surface area contributed by atoms with E-state index in [0.717, 1.165) is 13.0 Å². The third-order valence-electron chi connectivity index (χ3n) is 3.15. The third kappa shape index (κ3) is 4.30. The van der Waals surface area contributed by atoms with Crippen LogP contribution in [0.3, 0.4) is 0 Å². The number of thioether (sulfide) groups is 1. The van der Waals surface area contributed by atoms with Gasteiger partial charge in [-0.1, -0.05) is 39.0 Å². The van der Waals surface area contributed by atoms with Crippen molar-refractivity contribution >= 4 is 11.8 Å². The van der Waals surface area contributed by atoms with Gasteiger partial charge in [-0.25, -0.2) is 0 Å². The van der Waals surface area contributed by atoms with E-state index < -0.39 is 0 Å². The highest BCUT2D eigenvalue weighted by Crippen LogP contribution is 2.32. The molecule has 0 fully saturated rings. The van der Waals surface area contributed by atoms with Crippen molar-refractivity contribution in [2.45, 2.75) is 56.4 Å². The molecule has 2 nitrogen and oxygen atoms in total. The second kappa shape index (κ2) is 7.82. The summed E-state index contributed by atoms with van der Waals surface area (Å²) in [5, 5.41) is 13.4. The molecule has 0 heterocycles. The van der Waals surface area contributed by atoms with Gasteiger partial charge in [0.15, 0.2) is 0 Å². The lowest BCUT2D eigenvalue weighted by Gasteiger charge is -2.22. The van der Waals surface area contributed by atoms with E-state index in [-0.39, 0.29) is 11.4 Å². The highest BCUT2D eigenvalue weighted by atomic mass is 32.2. The van der Waals surface area contributed by atoms with Crippen molar-refractivity contribution in [3.05, 3.63) is 29.8 Å². The molecule has 1 rings (SSSR count). The van der Waals surface area contributed by atoms with Gasteiger partial charge in [-0.15, -0.1) is 11.8 Å². The molecule has 0 saturated carbocycles. The van der Waals surface area contributed by atoms with E-state index in [1.807, 2.05) is 6.92 Å². The second-order valence-corrected chi connectivity index (χ2v) is 6.04. The monoisotopic (exact) mass is 267 g/mol. The Labute approximate surface area is 115 Å². The van der Waals surface area contributed by atoms with Crippen LogP contribution in [0, 0.1) is 0 Å². The lowest BCUT2D eigenvalue weighted by molar-refractivity contribution is 0.196. The van der Waals surface area contributed by atoms with Crippen LogP contribution in [0.5, 0.6) is 0 Å². The van der Waals surface area contributed by atoms with Crippen LogP contribution in [0.25, 0.3) is 0 Å². The summed E-state index contributed by atoms with van der Waals surface area (Å²) < 4.78 is 0. The van der Waals surface area contributed by atoms with Crippen molar-refractivity contribution in [1.82, 2.24) is 5.32 Å². The molecule has 102 valence electrons. The van der Waals surface area contributed by atoms with Crippen LogP contribution in [0.2, 0.25) is 0 Å². The average Bonchev–Trinajstić information content (AvgIpc) is 2.36. The van der Waals surface area contributed by atoms with Crippen molar-refractivity contribution in [3.63, 3.8) is 0 Å². The first kappa shape index (κ1) is 15.5. The summed E-state index contributed by atoms with van der Waals surface area (Å²) in [7, 11) is 0. The Morgan fingerprint density at radius 3 is 2.44 bits per heavy atom. The van der Waals surface area contributed by atoms with Gasteiger partial charge in [0.2, 0.25) is 0 Å². The van der Waals surface area contributed by atoms with Crippen LogP contribution in [0.1, 0.15) is 45.7 Å². The summed E-state index contributed by atoms with van der Waals surface area (Å²) >= 11 is 1.76. The zero-order valence-electron chi connectivity index (χ0n) is 11.8. The molecule has 0 aromatic heterocycles. The molecule has 0 saturated heterocycles. The van der Waals surface area contributed by atoms with Gasteiger partial charge in [0.25, 0.3) is 0 Å². The van der Waals surface area contributed by atoms with Gasteiger partial charge in [0.1, 0.15) is 0 Å². The summed E-state index contributed by atoms with van der Waals surface area (Å²) in [5.41, 5.74) is 1.35. The van der Waals surface area contributed by atoms with E-state index in [2.05, 4.69) is 50.4 Å². The van der Waals surface area contributed by atoms with Crippen LogP contribution in [0.4, 0.5) is 0 Å². The molecule has 1 aromatic rings. The standard InChI is InChI=1S/C15H25NOS/c1-5-14(16-6-2)13-9-7-8-10-15(13)18-12(4)11(3)17/h7-12,14,16-17H,5-6H2,1-4H3. The van der Waals surface area contributed by atoms with Crippen molar-refractivity contribution in [1.29, 1.82) is 0 Å². The van der Waals surface area contributed by atoms with Gasteiger partial charge in [0.05, 0.1) is 6.10 Å². The second-order valence-electron chi connectivity index (χ2n) is 4.62. The molecule has 0 spiro atoms. The highest BCUT2D eigenvalue weighted by molar-refractivity contribution is 8.00. The molecule has 0 radical (unpaired) electrons. The molecular formula is C15H25NOS. The zero-order chi connectivity index (χ0) is 13.5. The molecule has 0 aliphatic carbocycles. The van der Waals surface area contributed by atoms with E-state index in [1.54, 1.807) is 11.8 Å². The fourth-order valence-electron chi connectivity index (χ4n) is 1.90. The molecule has 3 unspecified atom stereocenters. The van der Waals surface area contributed by atoms with Gasteiger partial charge in [-0.3, -0.25) is 0 Å². The van der Waals surface area contributed by atoms with E-state index in [4.69, 9.17) is 0 Å². The summed E-state index contributed by atoms with van der Waals surface area (Å²) in [6.07, 6.45) is 0.788. The maximum Gasteiger partial charge on any atom is 0.0631 e. The number of aliphatic hydroxyl groups excluding tert-OH is 1. The minimum absolute atomic E-state index is 0.213. The third-order valence-corrected chi connectivity index (χ3v) is 4.54. The van der Waals surface area contributed by atoms with Crippen LogP contribution in [-0.4, -0.2) is 23.0 Å². The van der Waals surface area contributed by atoms with Crippen molar-refractivity contribution in [2.24, 2.45) is 0 Å². The topological polar surface area (TPSA) is 32.3 Å². The van der Waals surface area contributed by atoms with Gasteiger partial charge in [0, 0.05) is 16.2 Å². The van der Waals surface area contributed by atoms with Crippen LogP contribution < -0.4 is 5.32 Å². The SMILES string of the molecule is CCNC(CC)c1ccccc1SC(C)C(C)O. The molecule has 2 N–H and O–H groups in total. The summed E-state index contributed by atoms with van der Waals surface area (Å²) in [6, 6.07) is 8.90. The first-order valence-electron chi connectivity index (χ1n) is 6.77. The van der Waals surface area contributed by atoms with Crippen LogP contribution >= 0.6 is 11.8 Å². The van der Waals surface area contributed by atoms with Crippen molar-refractivity contribution in [3.8, 4) is 0 Å². The largest absolute Gasteiger partial charge is 0.392 e. The molecule has 0 amide bonds. The molecule has 1 aromatic carbocycles. The number of benzene rings is 1. The van der Waals surface area contributed by atoms with E-state index in [1.165, 1.54) is 10.5 Å². The quantitative estimate of drug-likeness (QED) is 0.740. The van der Waals surface area contributed by atoms with E-state index in [9.17, 15) is 5.11 Å². The first-order valence-corrected chi connectivity index (χ1v) is 7.65. The zero-order valence-corrected chi connectivity index (χ0v) is 12.6. The normalized spacial score (nSPS) is 16.3. The molecule has 0 aliphatic rings. The average molecular weight is 267 g/mol. The molecule has 3 heteroatoms. The lowest BCUT2D eigenvalue weighted by Crippen LogP contribution is -2.21. The Morgan fingerprint density at radius 2 is 1.89 bits per heavy atom. The Balaban J connectivity index is 2.90. The van der Waals surface area contributed by atoms with Crippen LogP contribution in [0.15, 0.2) is 29.2 Å². The minimum Gasteiger partial charge on any atom is -0.392 e. The lowest BCUT2D eigenvalue weighted by atomic mass is 10.0. The van der Waals surface area contributed by atoms with Crippen LogP contribution in [-0.2, 0) is 0 Å². The molecule has 0 aliphatic heterocycles. The van der Waals surface area contributed by atoms with E-state index in [0.29, 0.717) is 6.04 Å². The number of hydrogen-bond donors (Lipinski definition) is 2. The summed E-state index contributed by atoms with van der Waals surface area (Å²) in [4.78, 5) is 1.28. The maximum absolute atomic E-state index is 9.64.